The highest BCUT2D eigenvalue weighted by Crippen LogP contribution is 2.54. The Labute approximate surface area is 243 Å². The molecule has 0 aliphatic heterocycles. The van der Waals surface area contributed by atoms with Gasteiger partial charge in [0, 0.05) is 27.6 Å². The quantitative estimate of drug-likeness (QED) is 0.212. The molecule has 1 aliphatic rings. The third kappa shape index (κ3) is 3.39. The fraction of sp³-hybridized carbons (Fsp3) is 0. The van der Waals surface area contributed by atoms with E-state index in [-0.39, 0.29) is 0 Å². The largest absolute Gasteiger partial charge is 0.228 e. The Kier molecular flexibility index (Phi) is 4.93. The molecule has 8 aromatic rings. The summed E-state index contributed by atoms with van der Waals surface area (Å²) >= 11 is 0. The number of hydrogen-bond donors (Lipinski definition) is 0. The van der Waals surface area contributed by atoms with Crippen LogP contribution in [0.1, 0.15) is 0 Å². The van der Waals surface area contributed by atoms with Gasteiger partial charge in [0.05, 0.1) is 11.4 Å². The smallest absolute Gasteiger partial charge is 0.161 e. The number of nitrogens with zero attached hydrogens (tertiary/aromatic N) is 2. The fourth-order valence-corrected chi connectivity index (χ4v) is 6.74. The number of hydrogen-bond acceptors (Lipinski definition) is 2. The van der Waals surface area contributed by atoms with Crippen LogP contribution >= 0.6 is 0 Å². The van der Waals surface area contributed by atoms with Crippen LogP contribution in [0, 0.1) is 0 Å². The molecule has 0 radical (unpaired) electrons. The standard InChI is InChI=1S/C40H24N2/c1-3-12-26(13-4-1)34-24-35(27-14-5-2-6-15-27)42-40(41-34)39-37-29(22-21-25-11-7-8-18-30(25)37)23-33-31-19-9-16-28-17-10-20-32(36(28)31)38(33)39/h1-24H. The van der Waals surface area contributed by atoms with Crippen molar-refractivity contribution in [2.45, 2.75) is 0 Å². The molecule has 0 unspecified atom stereocenters. The van der Waals surface area contributed by atoms with Gasteiger partial charge >= 0.3 is 0 Å². The van der Waals surface area contributed by atoms with Gasteiger partial charge in [0.1, 0.15) is 0 Å². The molecular formula is C40H24N2. The molecule has 194 valence electrons. The molecule has 1 heterocycles. The molecule has 0 amide bonds. The van der Waals surface area contributed by atoms with Gasteiger partial charge in [-0.15, -0.1) is 0 Å². The average Bonchev–Trinajstić information content (AvgIpc) is 3.39. The van der Waals surface area contributed by atoms with Gasteiger partial charge in [-0.1, -0.05) is 133 Å². The van der Waals surface area contributed by atoms with Gasteiger partial charge in [0.25, 0.3) is 0 Å². The minimum atomic E-state index is 0.748. The Morgan fingerprint density at radius 1 is 0.357 bits per heavy atom. The third-order valence-electron chi connectivity index (χ3n) is 8.58. The molecule has 0 saturated heterocycles. The van der Waals surface area contributed by atoms with Gasteiger partial charge < -0.3 is 0 Å². The molecule has 2 heteroatoms. The van der Waals surface area contributed by atoms with Crippen molar-refractivity contribution in [1.29, 1.82) is 0 Å². The lowest BCUT2D eigenvalue weighted by molar-refractivity contribution is 1.19. The average molecular weight is 533 g/mol. The highest BCUT2D eigenvalue weighted by molar-refractivity contribution is 6.26. The molecule has 42 heavy (non-hydrogen) atoms. The fourth-order valence-electron chi connectivity index (χ4n) is 6.74. The minimum absolute atomic E-state index is 0.748. The van der Waals surface area contributed by atoms with Crippen LogP contribution in [0.2, 0.25) is 0 Å². The number of rotatable bonds is 3. The van der Waals surface area contributed by atoms with Crippen molar-refractivity contribution in [3.05, 3.63) is 146 Å². The van der Waals surface area contributed by atoms with E-state index in [1.165, 1.54) is 54.6 Å². The van der Waals surface area contributed by atoms with Gasteiger partial charge in [-0.3, -0.25) is 0 Å². The summed E-state index contributed by atoms with van der Waals surface area (Å²) in [6.45, 7) is 0. The van der Waals surface area contributed by atoms with E-state index in [0.29, 0.717) is 0 Å². The van der Waals surface area contributed by atoms with Crippen LogP contribution in [0.4, 0.5) is 0 Å². The molecule has 7 aromatic carbocycles. The Morgan fingerprint density at radius 2 is 0.952 bits per heavy atom. The van der Waals surface area contributed by atoms with Crippen molar-refractivity contribution >= 4 is 32.3 Å². The first-order valence-electron chi connectivity index (χ1n) is 14.3. The van der Waals surface area contributed by atoms with E-state index in [1.54, 1.807) is 0 Å². The zero-order valence-electron chi connectivity index (χ0n) is 22.8. The van der Waals surface area contributed by atoms with Crippen LogP contribution < -0.4 is 0 Å². The van der Waals surface area contributed by atoms with Gasteiger partial charge in [0.15, 0.2) is 5.82 Å². The van der Waals surface area contributed by atoms with Crippen LogP contribution in [0.25, 0.3) is 88.5 Å². The van der Waals surface area contributed by atoms with E-state index in [2.05, 4.69) is 133 Å². The number of benzene rings is 7. The summed E-state index contributed by atoms with van der Waals surface area (Å²) in [5.41, 5.74) is 10.1. The predicted molar refractivity (Wildman–Crippen MR) is 175 cm³/mol. The lowest BCUT2D eigenvalue weighted by atomic mass is 9.89. The van der Waals surface area contributed by atoms with Crippen molar-refractivity contribution in [2.75, 3.05) is 0 Å². The van der Waals surface area contributed by atoms with E-state index in [9.17, 15) is 0 Å². The lowest BCUT2D eigenvalue weighted by Crippen LogP contribution is -1.99. The van der Waals surface area contributed by atoms with Crippen LogP contribution in [-0.2, 0) is 0 Å². The molecule has 0 fully saturated rings. The molecule has 0 N–H and O–H groups in total. The molecule has 0 atom stereocenters. The molecule has 0 spiro atoms. The first kappa shape index (κ1) is 23.1. The Bertz CT molecular complexity index is 2270. The van der Waals surface area contributed by atoms with E-state index in [1.807, 2.05) is 12.1 Å². The van der Waals surface area contributed by atoms with E-state index >= 15 is 0 Å². The molecule has 0 bridgehead atoms. The van der Waals surface area contributed by atoms with Crippen LogP contribution in [0.3, 0.4) is 0 Å². The molecule has 0 saturated carbocycles. The molecule has 1 aromatic heterocycles. The third-order valence-corrected chi connectivity index (χ3v) is 8.58. The topological polar surface area (TPSA) is 25.8 Å². The number of fused-ring (bicyclic) bond motifs is 6. The van der Waals surface area contributed by atoms with E-state index < -0.39 is 0 Å². The van der Waals surface area contributed by atoms with Gasteiger partial charge in [0.2, 0.25) is 0 Å². The normalized spacial score (nSPS) is 11.8. The summed E-state index contributed by atoms with van der Waals surface area (Å²) in [6, 6.07) is 51.8. The summed E-state index contributed by atoms with van der Waals surface area (Å²) < 4.78 is 0. The second kappa shape index (κ2) is 8.95. The first-order valence-corrected chi connectivity index (χ1v) is 14.3. The van der Waals surface area contributed by atoms with E-state index in [4.69, 9.17) is 9.97 Å². The SMILES string of the molecule is c1ccc(-c2cc(-c3ccccc3)nc(-c3c4c(cc5ccc6ccccc6c35)-c3cccc5cccc-4c35)n2)cc1. The maximum absolute atomic E-state index is 5.35. The summed E-state index contributed by atoms with van der Waals surface area (Å²) in [7, 11) is 0. The molecular weight excluding hydrogens is 508 g/mol. The predicted octanol–water partition coefficient (Wildman–Crippen LogP) is 10.6. The summed E-state index contributed by atoms with van der Waals surface area (Å²) in [5.74, 6) is 0.748. The maximum atomic E-state index is 5.35. The van der Waals surface area contributed by atoms with Gasteiger partial charge in [-0.25, -0.2) is 9.97 Å². The summed E-state index contributed by atoms with van der Waals surface area (Å²) in [5, 5.41) is 7.37. The van der Waals surface area contributed by atoms with Crippen molar-refractivity contribution in [1.82, 2.24) is 9.97 Å². The van der Waals surface area contributed by atoms with Gasteiger partial charge in [-0.2, -0.15) is 0 Å². The van der Waals surface area contributed by atoms with Crippen molar-refractivity contribution in [3.63, 3.8) is 0 Å². The van der Waals surface area contributed by atoms with E-state index in [0.717, 1.165) is 33.9 Å². The first-order chi connectivity index (χ1) is 20.8. The second-order valence-electron chi connectivity index (χ2n) is 11.0. The van der Waals surface area contributed by atoms with Crippen LogP contribution in [0.5, 0.6) is 0 Å². The van der Waals surface area contributed by atoms with Crippen molar-refractivity contribution in [2.24, 2.45) is 0 Å². The minimum Gasteiger partial charge on any atom is -0.228 e. The summed E-state index contributed by atoms with van der Waals surface area (Å²) in [4.78, 5) is 10.7. The Balaban J connectivity index is 1.47. The van der Waals surface area contributed by atoms with Crippen molar-refractivity contribution in [3.8, 4) is 56.2 Å². The summed E-state index contributed by atoms with van der Waals surface area (Å²) in [6.07, 6.45) is 0. The zero-order valence-corrected chi connectivity index (χ0v) is 22.8. The second-order valence-corrected chi connectivity index (χ2v) is 11.0. The maximum Gasteiger partial charge on any atom is 0.161 e. The molecule has 1 aliphatic carbocycles. The lowest BCUT2D eigenvalue weighted by Gasteiger charge is -2.17. The Morgan fingerprint density at radius 3 is 1.67 bits per heavy atom. The number of aromatic nitrogens is 2. The van der Waals surface area contributed by atoms with Crippen LogP contribution in [0.15, 0.2) is 146 Å². The highest BCUT2D eigenvalue weighted by Gasteiger charge is 2.28. The molecule has 9 rings (SSSR count). The van der Waals surface area contributed by atoms with Crippen LogP contribution in [-0.4, -0.2) is 9.97 Å². The monoisotopic (exact) mass is 532 g/mol. The van der Waals surface area contributed by atoms with Crippen molar-refractivity contribution < 1.29 is 0 Å². The highest BCUT2D eigenvalue weighted by atomic mass is 14.9. The molecule has 2 nitrogen and oxygen atoms in total. The Hall–Kier alpha value is -5.60. The zero-order chi connectivity index (χ0) is 27.6. The van der Waals surface area contributed by atoms with Gasteiger partial charge in [-0.05, 0) is 55.8 Å².